The Morgan fingerprint density at radius 2 is 1.59 bits per heavy atom. The van der Waals surface area contributed by atoms with E-state index in [2.05, 4.69) is 5.32 Å². The number of carbonyl (C=O) groups is 4. The molecule has 156 valence electrons. The molecule has 5 amide bonds. The van der Waals surface area contributed by atoms with Crippen LogP contribution in [0.3, 0.4) is 0 Å². The van der Waals surface area contributed by atoms with E-state index in [0.717, 1.165) is 4.90 Å². The number of imide groups is 1. The Balaban J connectivity index is 1.44. The fourth-order valence-electron chi connectivity index (χ4n) is 3.86. The summed E-state index contributed by atoms with van der Waals surface area (Å²) in [6.45, 7) is 6.58. The maximum absolute atomic E-state index is 12.4. The van der Waals surface area contributed by atoms with Gasteiger partial charge in [0.15, 0.2) is 0 Å². The minimum absolute atomic E-state index is 0.00503. The van der Waals surface area contributed by atoms with Crippen molar-refractivity contribution in [3.63, 3.8) is 0 Å². The maximum atomic E-state index is 12.4. The van der Waals surface area contributed by atoms with Crippen molar-refractivity contribution in [3.8, 4) is 0 Å². The topological polar surface area (TPSA) is 90.0 Å². The molecule has 1 aromatic carbocycles. The Labute approximate surface area is 170 Å². The van der Waals surface area contributed by atoms with Gasteiger partial charge in [-0.25, -0.2) is 4.79 Å². The zero-order valence-electron chi connectivity index (χ0n) is 17.0. The molecule has 3 rings (SSSR count). The Morgan fingerprint density at radius 1 is 1.03 bits per heavy atom. The fourth-order valence-corrected chi connectivity index (χ4v) is 3.86. The van der Waals surface area contributed by atoms with Gasteiger partial charge in [0.2, 0.25) is 5.91 Å². The number of urea groups is 1. The molecule has 0 spiro atoms. The number of carbonyl (C=O) groups excluding carboxylic acids is 4. The number of benzene rings is 1. The number of hydrogen-bond acceptors (Lipinski definition) is 4. The quantitative estimate of drug-likeness (QED) is 0.736. The minimum atomic E-state index is -0.346. The first kappa shape index (κ1) is 20.8. The second-order valence-corrected chi connectivity index (χ2v) is 7.34. The van der Waals surface area contributed by atoms with E-state index in [1.807, 2.05) is 18.7 Å². The normalized spacial score (nSPS) is 16.8. The summed E-state index contributed by atoms with van der Waals surface area (Å²) in [4.78, 5) is 54.2. The van der Waals surface area contributed by atoms with Gasteiger partial charge in [0.1, 0.15) is 0 Å². The molecule has 0 unspecified atom stereocenters. The second-order valence-electron chi connectivity index (χ2n) is 7.34. The molecule has 29 heavy (non-hydrogen) atoms. The van der Waals surface area contributed by atoms with Crippen LogP contribution >= 0.6 is 0 Å². The van der Waals surface area contributed by atoms with Gasteiger partial charge in [0.05, 0.1) is 11.1 Å². The van der Waals surface area contributed by atoms with E-state index in [9.17, 15) is 19.2 Å². The summed E-state index contributed by atoms with van der Waals surface area (Å²) in [5.41, 5.74) is 0.784. The number of rotatable bonds is 6. The third-order valence-corrected chi connectivity index (χ3v) is 5.61. The number of fused-ring (bicyclic) bond motifs is 1. The lowest BCUT2D eigenvalue weighted by Crippen LogP contribution is -2.50. The molecule has 1 aromatic rings. The van der Waals surface area contributed by atoms with Crippen LogP contribution in [0.1, 0.15) is 53.8 Å². The van der Waals surface area contributed by atoms with E-state index in [4.69, 9.17) is 0 Å². The van der Waals surface area contributed by atoms with Crippen molar-refractivity contribution >= 4 is 23.8 Å². The molecule has 1 fully saturated rings. The van der Waals surface area contributed by atoms with Crippen LogP contribution in [0.25, 0.3) is 0 Å². The Kier molecular flexibility index (Phi) is 6.51. The first-order chi connectivity index (χ1) is 14.0. The molecule has 2 aliphatic rings. The summed E-state index contributed by atoms with van der Waals surface area (Å²) in [6, 6.07) is 6.75. The fraction of sp³-hybridized carbons (Fsp3) is 0.524. The van der Waals surface area contributed by atoms with Crippen LogP contribution in [0.2, 0.25) is 0 Å². The molecular formula is C21H28N4O4. The van der Waals surface area contributed by atoms with Crippen molar-refractivity contribution in [1.82, 2.24) is 20.0 Å². The standard InChI is InChI=1S/C21H28N4O4/c1-3-23(4-2)21(29)24-12-9-15(10-13-24)22-18(26)11-14-25-19(27)16-7-5-6-8-17(16)20(25)28/h5-8,15H,3-4,9-14H2,1-2H3,(H,22,26). The minimum Gasteiger partial charge on any atom is -0.353 e. The van der Waals surface area contributed by atoms with Crippen LogP contribution in [0.15, 0.2) is 24.3 Å². The number of likely N-dealkylation sites (tertiary alicyclic amines) is 1. The first-order valence-corrected chi connectivity index (χ1v) is 10.2. The summed E-state index contributed by atoms with van der Waals surface area (Å²) in [5, 5.41) is 2.97. The van der Waals surface area contributed by atoms with E-state index < -0.39 is 0 Å². The predicted octanol–water partition coefficient (Wildman–Crippen LogP) is 1.72. The zero-order valence-corrected chi connectivity index (χ0v) is 17.0. The predicted molar refractivity (Wildman–Crippen MR) is 107 cm³/mol. The summed E-state index contributed by atoms with van der Waals surface area (Å²) in [6.07, 6.45) is 1.47. The molecule has 0 bridgehead atoms. The van der Waals surface area contributed by atoms with Crippen LogP contribution in [0, 0.1) is 0 Å². The molecule has 0 aromatic heterocycles. The molecule has 1 saturated heterocycles. The van der Waals surface area contributed by atoms with Crippen LogP contribution in [-0.4, -0.2) is 77.2 Å². The second kappa shape index (κ2) is 9.07. The number of piperidine rings is 1. The lowest BCUT2D eigenvalue weighted by Gasteiger charge is -2.35. The summed E-state index contributed by atoms with van der Waals surface area (Å²) < 4.78 is 0. The van der Waals surface area contributed by atoms with Crippen LogP contribution in [0.4, 0.5) is 4.79 Å². The molecule has 8 heteroatoms. The van der Waals surface area contributed by atoms with Gasteiger partial charge in [-0.3, -0.25) is 19.3 Å². The average molecular weight is 400 g/mol. The molecule has 0 atom stereocenters. The highest BCUT2D eigenvalue weighted by Crippen LogP contribution is 2.22. The molecule has 0 radical (unpaired) electrons. The van der Waals surface area contributed by atoms with E-state index in [1.54, 1.807) is 29.2 Å². The van der Waals surface area contributed by atoms with E-state index in [1.165, 1.54) is 0 Å². The Bertz CT molecular complexity index is 763. The molecule has 2 heterocycles. The van der Waals surface area contributed by atoms with Crippen LogP contribution < -0.4 is 5.32 Å². The van der Waals surface area contributed by atoms with Crippen LogP contribution in [-0.2, 0) is 4.79 Å². The van der Waals surface area contributed by atoms with Crippen molar-refractivity contribution in [1.29, 1.82) is 0 Å². The third-order valence-electron chi connectivity index (χ3n) is 5.61. The molecule has 8 nitrogen and oxygen atoms in total. The van der Waals surface area contributed by atoms with Gasteiger partial charge in [-0.05, 0) is 38.8 Å². The van der Waals surface area contributed by atoms with Crippen molar-refractivity contribution in [2.75, 3.05) is 32.7 Å². The first-order valence-electron chi connectivity index (χ1n) is 10.2. The molecule has 2 aliphatic heterocycles. The van der Waals surface area contributed by atoms with Crippen molar-refractivity contribution in [2.45, 2.75) is 39.2 Å². The van der Waals surface area contributed by atoms with Gasteiger partial charge < -0.3 is 15.1 Å². The van der Waals surface area contributed by atoms with Gasteiger partial charge >= 0.3 is 6.03 Å². The van der Waals surface area contributed by atoms with Crippen molar-refractivity contribution in [2.24, 2.45) is 0 Å². The lowest BCUT2D eigenvalue weighted by molar-refractivity contribution is -0.122. The molecule has 0 saturated carbocycles. The van der Waals surface area contributed by atoms with Gasteiger partial charge in [0.25, 0.3) is 11.8 Å². The highest BCUT2D eigenvalue weighted by molar-refractivity contribution is 6.21. The third kappa shape index (κ3) is 4.41. The highest BCUT2D eigenvalue weighted by atomic mass is 16.2. The number of nitrogens with one attached hydrogen (secondary N) is 1. The highest BCUT2D eigenvalue weighted by Gasteiger charge is 2.35. The van der Waals surface area contributed by atoms with Gasteiger partial charge in [-0.1, -0.05) is 12.1 Å². The number of amides is 5. The molecule has 1 N–H and O–H groups in total. The van der Waals surface area contributed by atoms with Crippen molar-refractivity contribution < 1.29 is 19.2 Å². The van der Waals surface area contributed by atoms with Gasteiger partial charge in [0, 0.05) is 45.2 Å². The van der Waals surface area contributed by atoms with E-state index >= 15 is 0 Å². The average Bonchev–Trinajstić information content (AvgIpc) is 2.98. The number of hydrogen-bond donors (Lipinski definition) is 1. The molecular weight excluding hydrogens is 372 g/mol. The van der Waals surface area contributed by atoms with Gasteiger partial charge in [-0.2, -0.15) is 0 Å². The smallest absolute Gasteiger partial charge is 0.319 e. The molecule has 0 aliphatic carbocycles. The SMILES string of the molecule is CCN(CC)C(=O)N1CCC(NC(=O)CCN2C(=O)c3ccccc3C2=O)CC1. The Morgan fingerprint density at radius 3 is 2.10 bits per heavy atom. The zero-order chi connectivity index (χ0) is 21.0. The van der Waals surface area contributed by atoms with Gasteiger partial charge in [-0.15, -0.1) is 0 Å². The Hall–Kier alpha value is -2.90. The maximum Gasteiger partial charge on any atom is 0.319 e. The van der Waals surface area contributed by atoms with Crippen LogP contribution in [0.5, 0.6) is 0 Å². The van der Waals surface area contributed by atoms with Crippen molar-refractivity contribution in [3.05, 3.63) is 35.4 Å². The van der Waals surface area contributed by atoms with E-state index in [0.29, 0.717) is 50.1 Å². The summed E-state index contributed by atoms with van der Waals surface area (Å²) in [7, 11) is 0. The summed E-state index contributed by atoms with van der Waals surface area (Å²) >= 11 is 0. The van der Waals surface area contributed by atoms with E-state index in [-0.39, 0.29) is 42.8 Å². The number of nitrogens with zero attached hydrogens (tertiary/aromatic N) is 3. The monoisotopic (exact) mass is 400 g/mol. The lowest BCUT2D eigenvalue weighted by atomic mass is 10.1. The largest absolute Gasteiger partial charge is 0.353 e. The summed E-state index contributed by atoms with van der Waals surface area (Å²) in [5.74, 6) is -0.877.